The van der Waals surface area contributed by atoms with Gasteiger partial charge in [-0.05, 0) is 70.3 Å². The maximum Gasteiger partial charge on any atom is 0.286 e. The summed E-state index contributed by atoms with van der Waals surface area (Å²) >= 11 is 15.4. The number of halogens is 3. The minimum absolute atomic E-state index is 0.241. The lowest BCUT2D eigenvalue weighted by molar-refractivity contribution is -0.117. The van der Waals surface area contributed by atoms with Gasteiger partial charge in [0.1, 0.15) is 6.61 Å². The van der Waals surface area contributed by atoms with Gasteiger partial charge in [-0.1, -0.05) is 29.3 Å². The number of benzene rings is 2. The van der Waals surface area contributed by atoms with Gasteiger partial charge in [0.15, 0.2) is 16.7 Å². The zero-order valence-corrected chi connectivity index (χ0v) is 20.3. The van der Waals surface area contributed by atoms with E-state index in [1.165, 1.54) is 14.0 Å². The van der Waals surface area contributed by atoms with Crippen LogP contribution in [0.2, 0.25) is 10.0 Å². The monoisotopic (exact) mass is 576 g/mol. The summed E-state index contributed by atoms with van der Waals surface area (Å²) in [6.07, 6.45) is 1.69. The summed E-state index contributed by atoms with van der Waals surface area (Å²) in [5.41, 5.74) is 1.53. The number of nitrogens with one attached hydrogen (secondary N) is 1. The van der Waals surface area contributed by atoms with Crippen molar-refractivity contribution in [1.29, 1.82) is 0 Å². The Morgan fingerprint density at radius 1 is 1.30 bits per heavy atom. The maximum absolute atomic E-state index is 12.1. The fourth-order valence-electron chi connectivity index (χ4n) is 2.52. The molecule has 6 nitrogen and oxygen atoms in total. The largest absolute Gasteiger partial charge is 0.493 e. The Bertz CT molecular complexity index is 1090. The van der Waals surface area contributed by atoms with E-state index in [1.807, 2.05) is 6.07 Å². The summed E-state index contributed by atoms with van der Waals surface area (Å²) in [5, 5.41) is 3.85. The average molecular weight is 577 g/mol. The van der Waals surface area contributed by atoms with E-state index in [4.69, 9.17) is 32.7 Å². The molecule has 1 N–H and O–H groups in total. The van der Waals surface area contributed by atoms with E-state index in [0.717, 1.165) is 26.5 Å². The molecule has 3 rings (SSSR count). The first-order valence-electron chi connectivity index (χ1n) is 8.51. The van der Waals surface area contributed by atoms with Crippen LogP contribution < -0.4 is 14.8 Å². The van der Waals surface area contributed by atoms with Crippen molar-refractivity contribution in [1.82, 2.24) is 5.32 Å². The quantitative estimate of drug-likeness (QED) is 0.386. The zero-order valence-electron chi connectivity index (χ0n) is 15.8. The van der Waals surface area contributed by atoms with Crippen LogP contribution in [0.15, 0.2) is 40.2 Å². The molecule has 0 aliphatic carbocycles. The Labute approximate surface area is 201 Å². The van der Waals surface area contributed by atoms with E-state index in [9.17, 15) is 9.59 Å². The average Bonchev–Trinajstić information content (AvgIpc) is 2.99. The van der Waals surface area contributed by atoms with Gasteiger partial charge < -0.3 is 14.8 Å². The highest BCUT2D eigenvalue weighted by molar-refractivity contribution is 14.1. The Morgan fingerprint density at radius 2 is 2.07 bits per heavy atom. The second kappa shape index (κ2) is 10.0. The number of aliphatic imine (C=N–C) groups is 1. The van der Waals surface area contributed by atoms with Crippen LogP contribution in [0.5, 0.6) is 11.5 Å². The molecule has 0 unspecified atom stereocenters. The molecule has 0 aromatic heterocycles. The number of amides is 2. The lowest BCUT2D eigenvalue weighted by Crippen LogP contribution is -2.23. The van der Waals surface area contributed by atoms with Crippen LogP contribution in [0.25, 0.3) is 6.08 Å². The smallest absolute Gasteiger partial charge is 0.286 e. The number of rotatable bonds is 5. The second-order valence-electron chi connectivity index (χ2n) is 6.07. The van der Waals surface area contributed by atoms with E-state index in [0.29, 0.717) is 26.4 Å². The fourth-order valence-corrected chi connectivity index (χ4v) is 4.62. The van der Waals surface area contributed by atoms with Crippen LogP contribution in [0.1, 0.15) is 18.1 Å². The summed E-state index contributed by atoms with van der Waals surface area (Å²) in [4.78, 5) is 27.5. The van der Waals surface area contributed by atoms with E-state index in [2.05, 4.69) is 32.9 Å². The van der Waals surface area contributed by atoms with E-state index in [-0.39, 0.29) is 17.7 Å². The first-order valence-corrected chi connectivity index (χ1v) is 11.2. The number of ether oxygens (including phenoxy) is 2. The van der Waals surface area contributed by atoms with Crippen molar-refractivity contribution in [3.05, 3.63) is 60.0 Å². The standard InChI is InChI=1S/C20H15Cl2IN2O4S/c1-10(26)24-20-25-19(27)17(30-20)7-11-5-15(23)18(16(6-11)28-2)29-9-12-3-4-13(21)8-14(12)22/h3-8H,9H2,1-2H3,(H,24,25,26,27)/b17-7-. The number of nitrogens with zero attached hydrogens (tertiary/aromatic N) is 1. The van der Waals surface area contributed by atoms with E-state index < -0.39 is 5.91 Å². The normalized spacial score (nSPS) is 14.6. The molecule has 30 heavy (non-hydrogen) atoms. The topological polar surface area (TPSA) is 77.0 Å². The molecule has 10 heteroatoms. The highest BCUT2D eigenvalue weighted by Crippen LogP contribution is 2.37. The van der Waals surface area contributed by atoms with Crippen LogP contribution in [0.3, 0.4) is 0 Å². The number of amidine groups is 1. The third-order valence-electron chi connectivity index (χ3n) is 3.84. The van der Waals surface area contributed by atoms with Crippen molar-refractivity contribution in [2.24, 2.45) is 4.99 Å². The summed E-state index contributed by atoms with van der Waals surface area (Å²) in [6, 6.07) is 8.83. The summed E-state index contributed by atoms with van der Waals surface area (Å²) < 4.78 is 12.2. The lowest BCUT2D eigenvalue weighted by atomic mass is 10.2. The van der Waals surface area contributed by atoms with E-state index in [1.54, 1.807) is 30.3 Å². The molecule has 0 atom stereocenters. The molecular formula is C20H15Cl2IN2O4S. The number of methoxy groups -OCH3 is 1. The van der Waals surface area contributed by atoms with Gasteiger partial charge in [-0.25, -0.2) is 0 Å². The molecule has 2 aromatic carbocycles. The summed E-state index contributed by atoms with van der Waals surface area (Å²) in [7, 11) is 1.54. The second-order valence-corrected chi connectivity index (χ2v) is 9.11. The molecule has 0 spiro atoms. The van der Waals surface area contributed by atoms with Gasteiger partial charge in [0.05, 0.1) is 15.6 Å². The van der Waals surface area contributed by atoms with Gasteiger partial charge in [-0.2, -0.15) is 4.99 Å². The molecule has 0 bridgehead atoms. The number of thioether (sulfide) groups is 1. The first kappa shape index (κ1) is 22.9. The number of carbonyl (C=O) groups is 2. The van der Waals surface area contributed by atoms with Crippen molar-refractivity contribution in [2.45, 2.75) is 13.5 Å². The highest BCUT2D eigenvalue weighted by atomic mass is 127. The van der Waals surface area contributed by atoms with E-state index >= 15 is 0 Å². The Balaban J connectivity index is 1.80. The minimum atomic E-state index is -0.407. The molecule has 2 amide bonds. The molecule has 156 valence electrons. The van der Waals surface area contributed by atoms with Crippen LogP contribution in [0, 0.1) is 3.57 Å². The van der Waals surface area contributed by atoms with Gasteiger partial charge in [0, 0.05) is 22.5 Å². The van der Waals surface area contributed by atoms with Crippen molar-refractivity contribution >= 4 is 80.6 Å². The predicted octanol–water partition coefficient (Wildman–Crippen LogP) is 5.29. The van der Waals surface area contributed by atoms with Crippen molar-refractivity contribution in [3.8, 4) is 11.5 Å². The third-order valence-corrected chi connectivity index (χ3v) is 6.13. The third kappa shape index (κ3) is 5.69. The van der Waals surface area contributed by atoms with Gasteiger partial charge in [-0.15, -0.1) is 0 Å². The van der Waals surface area contributed by atoms with Gasteiger partial charge >= 0.3 is 0 Å². The number of carbonyl (C=O) groups excluding carboxylic acids is 2. The molecule has 0 saturated heterocycles. The molecular weight excluding hydrogens is 562 g/mol. The van der Waals surface area contributed by atoms with Gasteiger partial charge in [0.2, 0.25) is 5.91 Å². The fraction of sp³-hybridized carbons (Fsp3) is 0.150. The molecule has 1 heterocycles. The van der Waals surface area contributed by atoms with Gasteiger partial charge in [0.25, 0.3) is 5.91 Å². The Morgan fingerprint density at radius 3 is 2.73 bits per heavy atom. The molecule has 1 aliphatic rings. The molecule has 1 aliphatic heterocycles. The molecule has 0 fully saturated rings. The summed E-state index contributed by atoms with van der Waals surface area (Å²) in [5.74, 6) is 0.383. The highest BCUT2D eigenvalue weighted by Gasteiger charge is 2.23. The van der Waals surface area contributed by atoms with Gasteiger partial charge in [-0.3, -0.25) is 9.59 Å². The summed E-state index contributed by atoms with van der Waals surface area (Å²) in [6.45, 7) is 1.60. The van der Waals surface area contributed by atoms with Crippen molar-refractivity contribution in [2.75, 3.05) is 7.11 Å². The van der Waals surface area contributed by atoms with Crippen molar-refractivity contribution in [3.63, 3.8) is 0 Å². The van der Waals surface area contributed by atoms with Crippen LogP contribution in [0.4, 0.5) is 0 Å². The zero-order chi connectivity index (χ0) is 21.8. The Hall–Kier alpha value is -1.75. The number of hydrogen-bond donors (Lipinski definition) is 1. The first-order chi connectivity index (χ1) is 14.3. The molecule has 2 aromatic rings. The van der Waals surface area contributed by atoms with Crippen LogP contribution in [-0.2, 0) is 16.2 Å². The minimum Gasteiger partial charge on any atom is -0.493 e. The molecule has 0 radical (unpaired) electrons. The number of hydrogen-bond acceptors (Lipinski definition) is 5. The molecule has 0 saturated carbocycles. The van der Waals surface area contributed by atoms with Crippen LogP contribution in [-0.4, -0.2) is 24.1 Å². The predicted molar refractivity (Wildman–Crippen MR) is 128 cm³/mol. The van der Waals surface area contributed by atoms with Crippen molar-refractivity contribution < 1.29 is 19.1 Å². The maximum atomic E-state index is 12.1. The van der Waals surface area contributed by atoms with Crippen LogP contribution >= 0.6 is 57.6 Å². The lowest BCUT2D eigenvalue weighted by Gasteiger charge is -2.14. The SMILES string of the molecule is COc1cc(/C=C2\SC(NC(C)=O)=NC2=O)cc(I)c1OCc1ccc(Cl)cc1Cl. The Kier molecular flexibility index (Phi) is 7.67.